The van der Waals surface area contributed by atoms with E-state index in [1.807, 2.05) is 0 Å². The van der Waals surface area contributed by atoms with Crippen molar-refractivity contribution in [3.05, 3.63) is 22.4 Å². The van der Waals surface area contributed by atoms with Crippen molar-refractivity contribution in [3.8, 4) is 0 Å². The second-order valence-electron chi connectivity index (χ2n) is 1.92. The van der Waals surface area contributed by atoms with Crippen LogP contribution in [0.5, 0.6) is 0 Å². The molecular weight excluding hydrogens is 118 g/mol. The number of hydrogen-bond acceptors (Lipinski definition) is 1. The zero-order valence-corrected chi connectivity index (χ0v) is 5.74. The molecule has 1 rings (SSSR count). The summed E-state index contributed by atoms with van der Waals surface area (Å²) in [5.74, 6) is 0. The highest BCUT2D eigenvalue weighted by molar-refractivity contribution is 7.10. The van der Waals surface area contributed by atoms with E-state index >= 15 is 0 Å². The molecule has 0 aromatic carbocycles. The standard InChI is InChI=1S/C6H9NS/c1-5(7)6-3-2-4-8-6/h2-5H,7H2,1H3/p+1/t5-/m0/s1. The minimum Gasteiger partial charge on any atom is -0.351 e. The number of quaternary nitrogens is 1. The van der Waals surface area contributed by atoms with Crippen LogP contribution in [-0.4, -0.2) is 0 Å². The fourth-order valence-electron chi connectivity index (χ4n) is 0.572. The van der Waals surface area contributed by atoms with Gasteiger partial charge in [-0.25, -0.2) is 0 Å². The molecule has 0 spiro atoms. The predicted molar refractivity (Wildman–Crippen MR) is 35.6 cm³/mol. The molecule has 0 aliphatic rings. The third-order valence-corrected chi connectivity index (χ3v) is 2.13. The van der Waals surface area contributed by atoms with Gasteiger partial charge in [0.2, 0.25) is 0 Å². The largest absolute Gasteiger partial charge is 0.351 e. The molecule has 2 heteroatoms. The van der Waals surface area contributed by atoms with Crippen molar-refractivity contribution in [3.63, 3.8) is 0 Å². The quantitative estimate of drug-likeness (QED) is 0.585. The molecule has 1 aromatic heterocycles. The molecule has 0 amide bonds. The molecule has 0 saturated heterocycles. The molecule has 0 aliphatic heterocycles. The molecule has 0 aliphatic carbocycles. The molecule has 0 fully saturated rings. The summed E-state index contributed by atoms with van der Waals surface area (Å²) in [4.78, 5) is 1.37. The lowest BCUT2D eigenvalue weighted by Crippen LogP contribution is -2.51. The lowest BCUT2D eigenvalue weighted by Gasteiger charge is -1.92. The highest BCUT2D eigenvalue weighted by atomic mass is 32.1. The van der Waals surface area contributed by atoms with E-state index in [9.17, 15) is 0 Å². The Morgan fingerprint density at radius 1 is 1.75 bits per heavy atom. The van der Waals surface area contributed by atoms with E-state index in [-0.39, 0.29) is 0 Å². The van der Waals surface area contributed by atoms with Gasteiger partial charge in [-0.15, -0.1) is 11.3 Å². The maximum Gasteiger partial charge on any atom is 0.116 e. The van der Waals surface area contributed by atoms with Gasteiger partial charge in [0.25, 0.3) is 0 Å². The van der Waals surface area contributed by atoms with E-state index in [0.29, 0.717) is 6.04 Å². The Balaban J connectivity index is 2.77. The molecule has 3 N–H and O–H groups in total. The highest BCUT2D eigenvalue weighted by Gasteiger charge is 1.99. The molecule has 1 aromatic rings. The van der Waals surface area contributed by atoms with Crippen molar-refractivity contribution >= 4 is 11.3 Å². The van der Waals surface area contributed by atoms with E-state index < -0.39 is 0 Å². The summed E-state index contributed by atoms with van der Waals surface area (Å²) < 4.78 is 0. The fourth-order valence-corrected chi connectivity index (χ4v) is 1.28. The first kappa shape index (κ1) is 5.79. The van der Waals surface area contributed by atoms with Crippen molar-refractivity contribution < 1.29 is 5.73 Å². The predicted octanol–water partition coefficient (Wildman–Crippen LogP) is 1.05. The second-order valence-corrected chi connectivity index (χ2v) is 2.90. The first-order valence-corrected chi connectivity index (χ1v) is 3.55. The Hall–Kier alpha value is -0.340. The first-order chi connectivity index (χ1) is 3.80. The molecule has 0 radical (unpaired) electrons. The summed E-state index contributed by atoms with van der Waals surface area (Å²) >= 11 is 1.77. The maximum atomic E-state index is 3.89. The Morgan fingerprint density at radius 2 is 2.50 bits per heavy atom. The van der Waals surface area contributed by atoms with Gasteiger partial charge in [-0.1, -0.05) is 6.07 Å². The topological polar surface area (TPSA) is 27.6 Å². The van der Waals surface area contributed by atoms with Gasteiger partial charge in [0.15, 0.2) is 0 Å². The van der Waals surface area contributed by atoms with Crippen LogP contribution in [-0.2, 0) is 0 Å². The van der Waals surface area contributed by atoms with Crippen LogP contribution < -0.4 is 5.73 Å². The minimum atomic E-state index is 0.454. The Bertz CT molecular complexity index is 144. The Morgan fingerprint density at radius 3 is 2.75 bits per heavy atom. The Kier molecular flexibility index (Phi) is 1.65. The molecule has 1 atom stereocenters. The molecule has 0 bridgehead atoms. The molecule has 1 nitrogen and oxygen atoms in total. The van der Waals surface area contributed by atoms with Crippen LogP contribution in [0, 0.1) is 0 Å². The lowest BCUT2D eigenvalue weighted by molar-refractivity contribution is -0.419. The van der Waals surface area contributed by atoms with Crippen LogP contribution in [0.3, 0.4) is 0 Å². The van der Waals surface area contributed by atoms with Crippen LogP contribution in [0.2, 0.25) is 0 Å². The van der Waals surface area contributed by atoms with Crippen LogP contribution in [0.4, 0.5) is 0 Å². The van der Waals surface area contributed by atoms with Gasteiger partial charge < -0.3 is 5.73 Å². The zero-order chi connectivity index (χ0) is 5.98. The average molecular weight is 128 g/mol. The van der Waals surface area contributed by atoms with Crippen LogP contribution in [0.25, 0.3) is 0 Å². The van der Waals surface area contributed by atoms with Crippen LogP contribution in [0.1, 0.15) is 17.8 Å². The summed E-state index contributed by atoms with van der Waals surface area (Å²) in [6.07, 6.45) is 0. The smallest absolute Gasteiger partial charge is 0.116 e. The number of hydrogen-bond donors (Lipinski definition) is 1. The fraction of sp³-hybridized carbons (Fsp3) is 0.333. The molecule has 44 valence electrons. The minimum absolute atomic E-state index is 0.454. The number of thiophene rings is 1. The van der Waals surface area contributed by atoms with E-state index in [1.54, 1.807) is 11.3 Å². The average Bonchev–Trinajstić information content (AvgIpc) is 2.12. The highest BCUT2D eigenvalue weighted by Crippen LogP contribution is 2.13. The van der Waals surface area contributed by atoms with Gasteiger partial charge in [-0.05, 0) is 18.4 Å². The van der Waals surface area contributed by atoms with Gasteiger partial charge in [0, 0.05) is 0 Å². The van der Waals surface area contributed by atoms with Gasteiger partial charge in [-0.3, -0.25) is 0 Å². The van der Waals surface area contributed by atoms with Gasteiger partial charge in [0.05, 0.1) is 4.88 Å². The molecular formula is C6H10NS+. The SMILES string of the molecule is C[C@H]([NH3+])c1cccs1. The normalized spacial score (nSPS) is 13.8. The monoisotopic (exact) mass is 128 g/mol. The zero-order valence-electron chi connectivity index (χ0n) is 4.92. The van der Waals surface area contributed by atoms with Crippen molar-refractivity contribution in [1.29, 1.82) is 0 Å². The van der Waals surface area contributed by atoms with Crippen molar-refractivity contribution in [1.82, 2.24) is 0 Å². The molecule has 1 heterocycles. The Labute approximate surface area is 53.1 Å². The first-order valence-electron chi connectivity index (χ1n) is 2.67. The van der Waals surface area contributed by atoms with E-state index in [2.05, 4.69) is 30.2 Å². The van der Waals surface area contributed by atoms with Gasteiger partial charge >= 0.3 is 0 Å². The summed E-state index contributed by atoms with van der Waals surface area (Å²) in [6, 6.07) is 4.62. The third-order valence-electron chi connectivity index (χ3n) is 1.03. The van der Waals surface area contributed by atoms with Gasteiger partial charge in [-0.2, -0.15) is 0 Å². The summed E-state index contributed by atoms with van der Waals surface area (Å²) in [7, 11) is 0. The van der Waals surface area contributed by atoms with Crippen LogP contribution >= 0.6 is 11.3 Å². The van der Waals surface area contributed by atoms with Crippen molar-refractivity contribution in [2.45, 2.75) is 13.0 Å². The summed E-state index contributed by atoms with van der Waals surface area (Å²) in [5.41, 5.74) is 3.89. The van der Waals surface area contributed by atoms with Gasteiger partial charge in [0.1, 0.15) is 6.04 Å². The lowest BCUT2D eigenvalue weighted by atomic mass is 10.3. The van der Waals surface area contributed by atoms with Crippen molar-refractivity contribution in [2.24, 2.45) is 0 Å². The summed E-state index contributed by atoms with van der Waals surface area (Å²) in [5, 5.41) is 2.08. The number of rotatable bonds is 1. The maximum absolute atomic E-state index is 3.89. The molecule has 8 heavy (non-hydrogen) atoms. The summed E-state index contributed by atoms with van der Waals surface area (Å²) in [6.45, 7) is 2.10. The van der Waals surface area contributed by atoms with Crippen LogP contribution in [0.15, 0.2) is 17.5 Å². The van der Waals surface area contributed by atoms with E-state index in [4.69, 9.17) is 0 Å². The van der Waals surface area contributed by atoms with E-state index in [1.165, 1.54) is 4.88 Å². The van der Waals surface area contributed by atoms with Crippen molar-refractivity contribution in [2.75, 3.05) is 0 Å². The molecule has 0 unspecified atom stereocenters. The second kappa shape index (κ2) is 2.29. The third kappa shape index (κ3) is 1.08. The molecule has 0 saturated carbocycles. The van der Waals surface area contributed by atoms with E-state index in [0.717, 1.165) is 0 Å².